The summed E-state index contributed by atoms with van der Waals surface area (Å²) in [6.45, 7) is 0.454. The third-order valence-electron chi connectivity index (χ3n) is 2.48. The monoisotopic (exact) mass is 265 g/mol. The van der Waals surface area contributed by atoms with E-state index in [4.69, 9.17) is 5.11 Å². The topological polar surface area (TPSA) is 49.3 Å². The Kier molecular flexibility index (Phi) is 3.94. The molecule has 5 heteroatoms. The van der Waals surface area contributed by atoms with Gasteiger partial charge in [0.15, 0.2) is 0 Å². The van der Waals surface area contributed by atoms with Gasteiger partial charge in [-0.2, -0.15) is 11.3 Å². The summed E-state index contributed by atoms with van der Waals surface area (Å²) in [5.41, 5.74) is 1.09. The number of carbonyl (C=O) groups is 1. The third kappa shape index (κ3) is 3.07. The molecule has 1 heterocycles. The normalized spacial score (nSPS) is 10.3. The number of phenols is 1. The lowest BCUT2D eigenvalue weighted by atomic mass is 10.2. The summed E-state index contributed by atoms with van der Waals surface area (Å²) in [6.07, 6.45) is 0.717. The van der Waals surface area contributed by atoms with E-state index < -0.39 is 11.7 Å². The van der Waals surface area contributed by atoms with Crippen molar-refractivity contribution in [1.82, 2.24) is 5.32 Å². The minimum absolute atomic E-state index is 0.0573. The van der Waals surface area contributed by atoms with Crippen LogP contribution in [0.4, 0.5) is 4.39 Å². The van der Waals surface area contributed by atoms with Crippen LogP contribution >= 0.6 is 11.3 Å². The van der Waals surface area contributed by atoms with Gasteiger partial charge < -0.3 is 10.4 Å². The minimum atomic E-state index is -0.719. The second-order valence-corrected chi connectivity index (χ2v) is 4.58. The predicted molar refractivity (Wildman–Crippen MR) is 68.4 cm³/mol. The quantitative estimate of drug-likeness (QED) is 0.892. The number of benzene rings is 1. The van der Waals surface area contributed by atoms with Gasteiger partial charge in [-0.15, -0.1) is 0 Å². The number of hydrogen-bond donors (Lipinski definition) is 2. The molecule has 1 aromatic heterocycles. The zero-order valence-electron chi connectivity index (χ0n) is 9.52. The standard InChI is InChI=1S/C13H12FNO2S/c14-12-7-10(16)1-2-11(12)13(17)15-5-3-9-4-6-18-8-9/h1-2,4,6-8,16H,3,5H2,(H,15,17). The van der Waals surface area contributed by atoms with Gasteiger partial charge in [0.25, 0.3) is 5.91 Å². The van der Waals surface area contributed by atoms with Crippen molar-refractivity contribution < 1.29 is 14.3 Å². The van der Waals surface area contributed by atoms with E-state index >= 15 is 0 Å². The molecule has 3 nitrogen and oxygen atoms in total. The molecule has 0 aliphatic carbocycles. The van der Waals surface area contributed by atoms with Crippen LogP contribution in [-0.2, 0) is 6.42 Å². The van der Waals surface area contributed by atoms with Crippen LogP contribution in [0.3, 0.4) is 0 Å². The van der Waals surface area contributed by atoms with Crippen LogP contribution < -0.4 is 5.32 Å². The van der Waals surface area contributed by atoms with Crippen molar-refractivity contribution in [3.63, 3.8) is 0 Å². The summed E-state index contributed by atoms with van der Waals surface area (Å²) in [5.74, 6) is -1.38. The Hall–Kier alpha value is -1.88. The van der Waals surface area contributed by atoms with Crippen molar-refractivity contribution in [2.75, 3.05) is 6.54 Å². The van der Waals surface area contributed by atoms with Gasteiger partial charge >= 0.3 is 0 Å². The van der Waals surface area contributed by atoms with Crippen LogP contribution in [0.5, 0.6) is 5.75 Å². The number of rotatable bonds is 4. The molecule has 0 bridgehead atoms. The Morgan fingerprint density at radius 3 is 2.89 bits per heavy atom. The van der Waals surface area contributed by atoms with Crippen LogP contribution in [-0.4, -0.2) is 17.6 Å². The molecule has 0 unspecified atom stereocenters. The van der Waals surface area contributed by atoms with Crippen molar-refractivity contribution in [1.29, 1.82) is 0 Å². The Balaban J connectivity index is 1.91. The van der Waals surface area contributed by atoms with Crippen LogP contribution in [0.15, 0.2) is 35.0 Å². The smallest absolute Gasteiger partial charge is 0.254 e. The maximum absolute atomic E-state index is 13.4. The van der Waals surface area contributed by atoms with Gasteiger partial charge in [-0.3, -0.25) is 4.79 Å². The summed E-state index contributed by atoms with van der Waals surface area (Å²) >= 11 is 1.60. The van der Waals surface area contributed by atoms with E-state index in [1.807, 2.05) is 16.8 Å². The van der Waals surface area contributed by atoms with Gasteiger partial charge in [0.1, 0.15) is 11.6 Å². The van der Waals surface area contributed by atoms with E-state index in [1.165, 1.54) is 12.1 Å². The second kappa shape index (κ2) is 5.64. The molecule has 2 aromatic rings. The fraction of sp³-hybridized carbons (Fsp3) is 0.154. The molecule has 0 aliphatic rings. The molecular weight excluding hydrogens is 253 g/mol. The van der Waals surface area contributed by atoms with Crippen molar-refractivity contribution >= 4 is 17.2 Å². The molecule has 18 heavy (non-hydrogen) atoms. The second-order valence-electron chi connectivity index (χ2n) is 3.80. The molecule has 0 aliphatic heterocycles. The number of aromatic hydroxyl groups is 1. The van der Waals surface area contributed by atoms with Gasteiger partial charge in [-0.25, -0.2) is 4.39 Å². The Labute approximate surface area is 108 Å². The van der Waals surface area contributed by atoms with Crippen molar-refractivity contribution in [3.8, 4) is 5.75 Å². The number of amides is 1. The Morgan fingerprint density at radius 1 is 1.39 bits per heavy atom. The molecule has 1 aromatic carbocycles. The van der Waals surface area contributed by atoms with Gasteiger partial charge in [-0.1, -0.05) is 0 Å². The van der Waals surface area contributed by atoms with Crippen LogP contribution in [0.2, 0.25) is 0 Å². The Morgan fingerprint density at radius 2 is 2.22 bits per heavy atom. The first kappa shape index (κ1) is 12.6. The lowest BCUT2D eigenvalue weighted by Gasteiger charge is -2.05. The van der Waals surface area contributed by atoms with E-state index in [0.29, 0.717) is 6.54 Å². The van der Waals surface area contributed by atoms with E-state index in [2.05, 4.69) is 5.32 Å². The number of nitrogens with one attached hydrogen (secondary N) is 1. The summed E-state index contributed by atoms with van der Waals surface area (Å²) in [5, 5.41) is 15.7. The number of thiophene rings is 1. The van der Waals surface area contributed by atoms with Crippen molar-refractivity contribution in [2.24, 2.45) is 0 Å². The van der Waals surface area contributed by atoms with Gasteiger partial charge in [-0.05, 0) is 40.9 Å². The summed E-state index contributed by atoms with van der Waals surface area (Å²) in [7, 11) is 0. The molecule has 94 valence electrons. The third-order valence-corrected chi connectivity index (χ3v) is 3.21. The highest BCUT2D eigenvalue weighted by atomic mass is 32.1. The number of phenolic OH excluding ortho intramolecular Hbond substituents is 1. The number of halogens is 1. The molecule has 0 fully saturated rings. The molecule has 0 spiro atoms. The highest BCUT2D eigenvalue weighted by molar-refractivity contribution is 7.07. The van der Waals surface area contributed by atoms with Gasteiger partial charge in [0.05, 0.1) is 5.56 Å². The SMILES string of the molecule is O=C(NCCc1ccsc1)c1ccc(O)cc1F. The highest BCUT2D eigenvalue weighted by Crippen LogP contribution is 2.14. The Bertz CT molecular complexity index is 540. The average Bonchev–Trinajstić information content (AvgIpc) is 2.81. The molecule has 1 amide bonds. The first-order chi connectivity index (χ1) is 8.66. The molecule has 0 saturated heterocycles. The van der Waals surface area contributed by atoms with E-state index in [9.17, 15) is 9.18 Å². The fourth-order valence-corrected chi connectivity index (χ4v) is 2.24. The minimum Gasteiger partial charge on any atom is -0.508 e. The number of hydrogen-bond acceptors (Lipinski definition) is 3. The lowest BCUT2D eigenvalue weighted by Crippen LogP contribution is -2.26. The van der Waals surface area contributed by atoms with Crippen molar-refractivity contribution in [3.05, 3.63) is 52.0 Å². The van der Waals surface area contributed by atoms with Crippen LogP contribution in [0.25, 0.3) is 0 Å². The predicted octanol–water partition coefficient (Wildman–Crippen LogP) is 2.57. The first-order valence-electron chi connectivity index (χ1n) is 5.44. The summed E-state index contributed by atoms with van der Waals surface area (Å²) in [4.78, 5) is 11.7. The van der Waals surface area contributed by atoms with Crippen molar-refractivity contribution in [2.45, 2.75) is 6.42 Å². The average molecular weight is 265 g/mol. The summed E-state index contributed by atoms with van der Waals surface area (Å²) in [6, 6.07) is 5.47. The summed E-state index contributed by atoms with van der Waals surface area (Å²) < 4.78 is 13.4. The fourth-order valence-electron chi connectivity index (χ4n) is 1.54. The van der Waals surface area contributed by atoms with Gasteiger partial charge in [0, 0.05) is 12.6 Å². The molecule has 0 atom stereocenters. The van der Waals surface area contributed by atoms with E-state index in [1.54, 1.807) is 11.3 Å². The maximum Gasteiger partial charge on any atom is 0.254 e. The molecular formula is C13H12FNO2S. The number of carbonyl (C=O) groups excluding carboxylic acids is 1. The van der Waals surface area contributed by atoms with E-state index in [0.717, 1.165) is 18.1 Å². The molecule has 0 radical (unpaired) electrons. The van der Waals surface area contributed by atoms with Gasteiger partial charge in [0.2, 0.25) is 0 Å². The maximum atomic E-state index is 13.4. The zero-order valence-corrected chi connectivity index (χ0v) is 10.3. The van der Waals surface area contributed by atoms with E-state index in [-0.39, 0.29) is 11.3 Å². The molecule has 0 saturated carbocycles. The first-order valence-corrected chi connectivity index (χ1v) is 6.39. The highest BCUT2D eigenvalue weighted by Gasteiger charge is 2.11. The lowest BCUT2D eigenvalue weighted by molar-refractivity contribution is 0.0950. The zero-order chi connectivity index (χ0) is 13.0. The molecule has 2 rings (SSSR count). The molecule has 2 N–H and O–H groups in total. The van der Waals surface area contributed by atoms with Crippen LogP contribution in [0.1, 0.15) is 15.9 Å². The largest absolute Gasteiger partial charge is 0.508 e. The van der Waals surface area contributed by atoms with Crippen LogP contribution in [0, 0.1) is 5.82 Å².